The first-order valence-electron chi connectivity index (χ1n) is 12.9. The van der Waals surface area contributed by atoms with E-state index in [2.05, 4.69) is 15.3 Å². The number of halogens is 2. The first-order valence-corrected chi connectivity index (χ1v) is 13.6. The van der Waals surface area contributed by atoms with Gasteiger partial charge in [-0.15, -0.1) is 0 Å². The van der Waals surface area contributed by atoms with Crippen LogP contribution in [0, 0.1) is 0 Å². The molecule has 0 spiro atoms. The van der Waals surface area contributed by atoms with Gasteiger partial charge in [0, 0.05) is 11.4 Å². The maximum Gasteiger partial charge on any atom is 0.336 e. The number of hydrogen-bond donors (Lipinski definition) is 2. The largest absolute Gasteiger partial charge is 0.462 e. The third-order valence-corrected chi connectivity index (χ3v) is 7.13. The SMILES string of the molecule is CC1=C(C(=O)OCCCc2ccccc2)C(c2nc(Cl)c(Cl)[nH]2)C(C(=O)OCCCc2ccccc2)=C(C)N1. The summed E-state index contributed by atoms with van der Waals surface area (Å²) in [5, 5.41) is 3.31. The number of allylic oxidation sites excluding steroid dienone is 2. The van der Waals surface area contributed by atoms with E-state index in [0.29, 0.717) is 24.2 Å². The average Bonchev–Trinajstić information content (AvgIpc) is 3.27. The van der Waals surface area contributed by atoms with Gasteiger partial charge in [-0.1, -0.05) is 83.9 Å². The molecule has 0 radical (unpaired) electrons. The fourth-order valence-electron chi connectivity index (χ4n) is 4.62. The van der Waals surface area contributed by atoms with Crippen molar-refractivity contribution >= 4 is 35.1 Å². The Morgan fingerprint density at radius 3 is 1.67 bits per heavy atom. The number of esters is 2. The molecule has 0 fully saturated rings. The number of carbonyl (C=O) groups excluding carboxylic acids is 2. The molecule has 2 N–H and O–H groups in total. The van der Waals surface area contributed by atoms with E-state index in [0.717, 1.165) is 24.0 Å². The molecule has 0 amide bonds. The van der Waals surface area contributed by atoms with E-state index < -0.39 is 17.9 Å². The third-order valence-electron chi connectivity index (χ3n) is 6.48. The zero-order valence-corrected chi connectivity index (χ0v) is 23.4. The molecule has 9 heteroatoms. The zero-order valence-electron chi connectivity index (χ0n) is 21.9. The topological polar surface area (TPSA) is 93.3 Å². The lowest BCUT2D eigenvalue weighted by Crippen LogP contribution is -2.33. The third kappa shape index (κ3) is 7.31. The lowest BCUT2D eigenvalue weighted by Gasteiger charge is -2.29. The smallest absolute Gasteiger partial charge is 0.336 e. The van der Waals surface area contributed by atoms with Crippen LogP contribution in [0.3, 0.4) is 0 Å². The van der Waals surface area contributed by atoms with Gasteiger partial charge in [0.05, 0.1) is 30.3 Å². The molecule has 204 valence electrons. The number of hydrogen-bond acceptors (Lipinski definition) is 6. The number of rotatable bonds is 11. The summed E-state index contributed by atoms with van der Waals surface area (Å²) in [5.74, 6) is -1.73. The van der Waals surface area contributed by atoms with Gasteiger partial charge in [0.25, 0.3) is 0 Å². The minimum absolute atomic E-state index is 0.0478. The number of imidazole rings is 1. The van der Waals surface area contributed by atoms with Crippen molar-refractivity contribution in [3.05, 3.63) is 110 Å². The van der Waals surface area contributed by atoms with Crippen molar-refractivity contribution in [1.82, 2.24) is 15.3 Å². The molecule has 0 bridgehead atoms. The summed E-state index contributed by atoms with van der Waals surface area (Å²) in [4.78, 5) is 34.0. The molecule has 2 aromatic carbocycles. The fourth-order valence-corrected chi connectivity index (χ4v) is 4.90. The van der Waals surface area contributed by atoms with E-state index in [1.165, 1.54) is 0 Å². The zero-order chi connectivity index (χ0) is 27.8. The predicted molar refractivity (Wildman–Crippen MR) is 151 cm³/mol. The highest BCUT2D eigenvalue weighted by molar-refractivity contribution is 6.40. The molecule has 1 aromatic heterocycles. The number of benzene rings is 2. The number of dihydropyridines is 1. The summed E-state index contributed by atoms with van der Waals surface area (Å²) < 4.78 is 11.3. The molecular formula is C30H31Cl2N3O4. The fraction of sp³-hybridized carbons (Fsp3) is 0.300. The molecule has 7 nitrogen and oxygen atoms in total. The molecule has 0 atom stereocenters. The molecule has 0 unspecified atom stereocenters. The first-order chi connectivity index (χ1) is 18.8. The van der Waals surface area contributed by atoms with Crippen molar-refractivity contribution in [2.75, 3.05) is 13.2 Å². The van der Waals surface area contributed by atoms with Crippen LogP contribution in [0.2, 0.25) is 10.3 Å². The normalized spacial score (nSPS) is 13.8. The number of H-pyrrole nitrogens is 1. The van der Waals surface area contributed by atoms with Crippen LogP contribution < -0.4 is 5.32 Å². The van der Waals surface area contributed by atoms with Crippen molar-refractivity contribution in [2.45, 2.75) is 45.4 Å². The molecular weight excluding hydrogens is 537 g/mol. The Balaban J connectivity index is 1.49. The Labute approximate surface area is 238 Å². The van der Waals surface area contributed by atoms with Crippen LogP contribution in [0.25, 0.3) is 0 Å². The molecule has 39 heavy (non-hydrogen) atoms. The second-order valence-electron chi connectivity index (χ2n) is 9.31. The number of carbonyl (C=O) groups is 2. The van der Waals surface area contributed by atoms with E-state index in [1.807, 2.05) is 60.7 Å². The van der Waals surface area contributed by atoms with Crippen LogP contribution in [0.1, 0.15) is 49.6 Å². The van der Waals surface area contributed by atoms with Crippen LogP contribution in [0.15, 0.2) is 83.2 Å². The highest BCUT2D eigenvalue weighted by Gasteiger charge is 2.40. The second kappa shape index (κ2) is 13.5. The molecule has 3 aromatic rings. The molecule has 0 saturated heterocycles. The van der Waals surface area contributed by atoms with Gasteiger partial charge in [-0.25, -0.2) is 14.6 Å². The average molecular weight is 569 g/mol. The van der Waals surface area contributed by atoms with Crippen LogP contribution in [-0.2, 0) is 31.9 Å². The van der Waals surface area contributed by atoms with E-state index >= 15 is 0 Å². The van der Waals surface area contributed by atoms with Crippen molar-refractivity contribution in [2.24, 2.45) is 0 Å². The summed E-state index contributed by atoms with van der Waals surface area (Å²) in [6.45, 7) is 3.95. The van der Waals surface area contributed by atoms with E-state index in [9.17, 15) is 9.59 Å². The number of aromatic amines is 1. The quantitative estimate of drug-likeness (QED) is 0.208. The summed E-state index contributed by atoms with van der Waals surface area (Å²) in [5.41, 5.74) is 3.93. The van der Waals surface area contributed by atoms with Gasteiger partial charge in [0.1, 0.15) is 11.0 Å². The Bertz CT molecular complexity index is 1270. The van der Waals surface area contributed by atoms with Gasteiger partial charge < -0.3 is 19.8 Å². The van der Waals surface area contributed by atoms with Crippen molar-refractivity contribution in [1.29, 1.82) is 0 Å². The second-order valence-corrected chi connectivity index (χ2v) is 10.0. The van der Waals surface area contributed by atoms with E-state index in [-0.39, 0.29) is 40.5 Å². The highest BCUT2D eigenvalue weighted by Crippen LogP contribution is 2.39. The van der Waals surface area contributed by atoms with Crippen LogP contribution in [0.4, 0.5) is 0 Å². The van der Waals surface area contributed by atoms with Crippen LogP contribution in [-0.4, -0.2) is 35.1 Å². The Morgan fingerprint density at radius 2 is 1.26 bits per heavy atom. The standard InChI is InChI=1S/C30H31Cl2N3O4/c1-19-23(29(36)38-17-9-15-21-11-5-3-6-12-21)25(28-34-26(31)27(32)35-28)24(20(2)33-19)30(37)39-18-10-16-22-13-7-4-8-14-22/h3-8,11-14,25,33H,9-10,15-18H2,1-2H3,(H,34,35). The van der Waals surface area contributed by atoms with Crippen LogP contribution in [0.5, 0.6) is 0 Å². The highest BCUT2D eigenvalue weighted by atomic mass is 35.5. The van der Waals surface area contributed by atoms with E-state index in [4.69, 9.17) is 32.7 Å². The van der Waals surface area contributed by atoms with E-state index in [1.54, 1.807) is 13.8 Å². The molecule has 1 aliphatic heterocycles. The number of nitrogens with one attached hydrogen (secondary N) is 2. The monoisotopic (exact) mass is 567 g/mol. The summed E-state index contributed by atoms with van der Waals surface area (Å²) >= 11 is 12.3. The molecule has 4 rings (SSSR count). The number of aromatic nitrogens is 2. The summed E-state index contributed by atoms with van der Waals surface area (Å²) in [6, 6.07) is 20.0. The predicted octanol–water partition coefficient (Wildman–Crippen LogP) is 6.30. The van der Waals surface area contributed by atoms with Crippen molar-refractivity contribution in [3.63, 3.8) is 0 Å². The first kappa shape index (κ1) is 28.5. The Hall–Kier alpha value is -3.55. The molecule has 1 aliphatic rings. The Morgan fingerprint density at radius 1 is 0.795 bits per heavy atom. The lowest BCUT2D eigenvalue weighted by molar-refractivity contribution is -0.140. The summed E-state index contributed by atoms with van der Waals surface area (Å²) in [7, 11) is 0. The Kier molecular flexibility index (Phi) is 9.85. The van der Waals surface area contributed by atoms with Gasteiger partial charge in [0.15, 0.2) is 5.15 Å². The lowest BCUT2D eigenvalue weighted by atomic mass is 9.84. The number of aryl methyl sites for hydroxylation is 2. The number of nitrogens with zero attached hydrogens (tertiary/aromatic N) is 1. The maximum atomic E-state index is 13.4. The van der Waals surface area contributed by atoms with Crippen molar-refractivity contribution < 1.29 is 19.1 Å². The minimum atomic E-state index is -0.889. The van der Waals surface area contributed by atoms with Gasteiger partial charge in [-0.3, -0.25) is 0 Å². The maximum absolute atomic E-state index is 13.4. The molecule has 0 saturated carbocycles. The van der Waals surface area contributed by atoms with Gasteiger partial charge in [-0.05, 0) is 50.7 Å². The molecule has 0 aliphatic carbocycles. The summed E-state index contributed by atoms with van der Waals surface area (Å²) in [6.07, 6.45) is 2.86. The minimum Gasteiger partial charge on any atom is -0.462 e. The van der Waals surface area contributed by atoms with Crippen molar-refractivity contribution in [3.8, 4) is 0 Å². The van der Waals surface area contributed by atoms with Crippen LogP contribution >= 0.6 is 23.2 Å². The van der Waals surface area contributed by atoms with Gasteiger partial charge >= 0.3 is 11.9 Å². The molecule has 2 heterocycles. The van der Waals surface area contributed by atoms with Gasteiger partial charge in [-0.2, -0.15) is 0 Å². The van der Waals surface area contributed by atoms with Gasteiger partial charge in [0.2, 0.25) is 0 Å². The number of ether oxygens (including phenoxy) is 2.